The lowest BCUT2D eigenvalue weighted by Crippen LogP contribution is -2.45. The van der Waals surface area contributed by atoms with E-state index in [0.29, 0.717) is 5.92 Å². The second-order valence-corrected chi connectivity index (χ2v) is 6.14. The summed E-state index contributed by atoms with van der Waals surface area (Å²) in [6.45, 7) is 2.21. The Labute approximate surface area is 116 Å². The van der Waals surface area contributed by atoms with Gasteiger partial charge in [-0.15, -0.1) is 0 Å². The lowest BCUT2D eigenvalue weighted by Gasteiger charge is -2.39. The molecule has 19 heavy (non-hydrogen) atoms. The van der Waals surface area contributed by atoms with Crippen LogP contribution in [0.25, 0.3) is 0 Å². The van der Waals surface area contributed by atoms with E-state index in [-0.39, 0.29) is 12.1 Å². The van der Waals surface area contributed by atoms with Crippen LogP contribution in [-0.2, 0) is 12.8 Å². The van der Waals surface area contributed by atoms with Gasteiger partial charge < -0.3 is 10.4 Å². The fraction of sp³-hybridized carbons (Fsp3) is 0.647. The summed E-state index contributed by atoms with van der Waals surface area (Å²) in [5, 5.41) is 14.2. The predicted molar refractivity (Wildman–Crippen MR) is 79.5 cm³/mol. The summed E-state index contributed by atoms with van der Waals surface area (Å²) in [7, 11) is 0. The van der Waals surface area contributed by atoms with Crippen molar-refractivity contribution < 1.29 is 5.11 Å². The van der Waals surface area contributed by atoms with Crippen LogP contribution in [0.5, 0.6) is 0 Å². The Morgan fingerprint density at radius 1 is 1.21 bits per heavy atom. The Hall–Kier alpha value is -1.02. The normalized spacial score (nSPS) is 27.7. The minimum Gasteiger partial charge on any atom is -0.391 e. The van der Waals surface area contributed by atoms with Gasteiger partial charge in [-0.2, -0.15) is 0 Å². The number of para-hydroxylation sites is 1. The molecule has 1 aliphatic carbocycles. The van der Waals surface area contributed by atoms with Crippen molar-refractivity contribution in [1.29, 1.82) is 0 Å². The maximum atomic E-state index is 10.5. The Bertz CT molecular complexity index is 437. The average Bonchev–Trinajstić information content (AvgIpc) is 2.46. The van der Waals surface area contributed by atoms with Gasteiger partial charge in [0.15, 0.2) is 0 Å². The number of nitrogens with one attached hydrogen (secondary N) is 1. The van der Waals surface area contributed by atoms with Gasteiger partial charge in [-0.25, -0.2) is 0 Å². The third kappa shape index (κ3) is 2.51. The molecule has 1 heterocycles. The summed E-state index contributed by atoms with van der Waals surface area (Å²) in [6.07, 6.45) is 8.24. The quantitative estimate of drug-likeness (QED) is 0.851. The van der Waals surface area contributed by atoms with Crippen molar-refractivity contribution in [2.75, 3.05) is 5.32 Å². The lowest BCUT2D eigenvalue weighted by molar-refractivity contribution is 0.109. The molecule has 104 valence electrons. The maximum Gasteiger partial charge on any atom is 0.0784 e. The fourth-order valence-corrected chi connectivity index (χ4v) is 3.84. The van der Waals surface area contributed by atoms with Crippen molar-refractivity contribution in [1.82, 2.24) is 0 Å². The van der Waals surface area contributed by atoms with Crippen molar-refractivity contribution in [3.05, 3.63) is 29.3 Å². The summed E-state index contributed by atoms with van der Waals surface area (Å²) in [5.41, 5.74) is 4.00. The van der Waals surface area contributed by atoms with Crippen molar-refractivity contribution in [3.63, 3.8) is 0 Å². The zero-order valence-electron chi connectivity index (χ0n) is 11.9. The molecule has 1 fully saturated rings. The highest BCUT2D eigenvalue weighted by Gasteiger charge is 2.33. The van der Waals surface area contributed by atoms with E-state index in [9.17, 15) is 5.11 Å². The van der Waals surface area contributed by atoms with E-state index in [1.807, 2.05) is 0 Å². The summed E-state index contributed by atoms with van der Waals surface area (Å²) < 4.78 is 0. The monoisotopic (exact) mass is 259 g/mol. The number of anilines is 1. The first-order valence-electron chi connectivity index (χ1n) is 7.85. The first-order chi connectivity index (χ1) is 9.29. The van der Waals surface area contributed by atoms with Crippen LogP contribution in [0, 0.1) is 5.92 Å². The number of hydrogen-bond acceptors (Lipinski definition) is 2. The molecule has 1 aromatic rings. The van der Waals surface area contributed by atoms with Crippen LogP contribution in [0.3, 0.4) is 0 Å². The van der Waals surface area contributed by atoms with E-state index in [1.165, 1.54) is 48.9 Å². The van der Waals surface area contributed by atoms with Gasteiger partial charge in [-0.1, -0.05) is 44.4 Å². The summed E-state index contributed by atoms with van der Waals surface area (Å²) >= 11 is 0. The number of aryl methyl sites for hydroxylation is 1. The van der Waals surface area contributed by atoms with Crippen molar-refractivity contribution in [2.45, 2.75) is 64.0 Å². The molecular formula is C17H25NO. The van der Waals surface area contributed by atoms with Crippen LogP contribution in [-0.4, -0.2) is 17.3 Å². The molecule has 0 amide bonds. The molecule has 1 saturated carbocycles. The van der Waals surface area contributed by atoms with Gasteiger partial charge in [-0.3, -0.25) is 0 Å². The molecule has 1 aromatic carbocycles. The molecule has 0 aromatic heterocycles. The Morgan fingerprint density at radius 3 is 2.74 bits per heavy atom. The molecule has 2 aliphatic rings. The Balaban J connectivity index is 1.85. The Morgan fingerprint density at radius 2 is 2.00 bits per heavy atom. The third-order valence-electron chi connectivity index (χ3n) is 4.93. The van der Waals surface area contributed by atoms with E-state index in [2.05, 4.69) is 30.4 Å². The van der Waals surface area contributed by atoms with Crippen LogP contribution in [0.4, 0.5) is 5.69 Å². The van der Waals surface area contributed by atoms with Crippen LogP contribution < -0.4 is 5.32 Å². The number of hydrogen-bond donors (Lipinski definition) is 2. The van der Waals surface area contributed by atoms with Gasteiger partial charge in [-0.05, 0) is 36.3 Å². The first-order valence-corrected chi connectivity index (χ1v) is 7.85. The number of aliphatic hydroxyl groups is 1. The van der Waals surface area contributed by atoms with Crippen molar-refractivity contribution >= 4 is 5.69 Å². The van der Waals surface area contributed by atoms with E-state index >= 15 is 0 Å². The molecular weight excluding hydrogens is 234 g/mol. The van der Waals surface area contributed by atoms with Gasteiger partial charge in [0.25, 0.3) is 0 Å². The summed E-state index contributed by atoms with van der Waals surface area (Å²) in [5.74, 6) is 0.654. The van der Waals surface area contributed by atoms with Gasteiger partial charge in [0.05, 0.1) is 12.1 Å². The van der Waals surface area contributed by atoms with Gasteiger partial charge in [0.2, 0.25) is 0 Å². The second kappa shape index (κ2) is 5.54. The zero-order chi connectivity index (χ0) is 13.2. The third-order valence-corrected chi connectivity index (χ3v) is 4.93. The molecule has 0 radical (unpaired) electrons. The van der Waals surface area contributed by atoms with E-state index < -0.39 is 0 Å². The first kappa shape index (κ1) is 13.0. The zero-order valence-corrected chi connectivity index (χ0v) is 11.9. The number of aliphatic hydroxyl groups excluding tert-OH is 1. The number of rotatable bonds is 2. The second-order valence-electron chi connectivity index (χ2n) is 6.14. The average molecular weight is 259 g/mol. The maximum absolute atomic E-state index is 10.5. The lowest BCUT2D eigenvalue weighted by atomic mass is 9.78. The van der Waals surface area contributed by atoms with E-state index in [0.717, 1.165) is 12.8 Å². The molecule has 0 bridgehead atoms. The SMILES string of the molecule is CCc1cccc2c1NC(C1CCCCC1)C(O)C2. The predicted octanol–water partition coefficient (Wildman–Crippen LogP) is 3.53. The van der Waals surface area contributed by atoms with Crippen LogP contribution in [0.1, 0.15) is 50.2 Å². The highest BCUT2D eigenvalue weighted by Crippen LogP contribution is 2.36. The standard InChI is InChI=1S/C17H25NO/c1-2-12-9-6-10-14-11-15(19)17(18-16(12)14)13-7-4-3-5-8-13/h6,9-10,13,15,17-19H,2-5,7-8,11H2,1H3. The molecule has 2 heteroatoms. The van der Waals surface area contributed by atoms with Crippen molar-refractivity contribution in [3.8, 4) is 0 Å². The molecule has 3 rings (SSSR count). The van der Waals surface area contributed by atoms with Gasteiger partial charge in [0.1, 0.15) is 0 Å². The van der Waals surface area contributed by atoms with Gasteiger partial charge >= 0.3 is 0 Å². The molecule has 2 nitrogen and oxygen atoms in total. The summed E-state index contributed by atoms with van der Waals surface area (Å²) in [6, 6.07) is 6.75. The molecule has 0 spiro atoms. The fourth-order valence-electron chi connectivity index (χ4n) is 3.84. The molecule has 0 saturated heterocycles. The van der Waals surface area contributed by atoms with E-state index in [4.69, 9.17) is 0 Å². The Kier molecular flexibility index (Phi) is 3.79. The molecule has 1 aliphatic heterocycles. The minimum atomic E-state index is -0.220. The molecule has 2 N–H and O–H groups in total. The van der Waals surface area contributed by atoms with Crippen molar-refractivity contribution in [2.24, 2.45) is 5.92 Å². The van der Waals surface area contributed by atoms with Gasteiger partial charge in [0, 0.05) is 12.1 Å². The van der Waals surface area contributed by atoms with Crippen LogP contribution in [0.2, 0.25) is 0 Å². The topological polar surface area (TPSA) is 32.3 Å². The highest BCUT2D eigenvalue weighted by molar-refractivity contribution is 5.60. The van der Waals surface area contributed by atoms with Crippen LogP contribution in [0.15, 0.2) is 18.2 Å². The van der Waals surface area contributed by atoms with Crippen LogP contribution >= 0.6 is 0 Å². The summed E-state index contributed by atoms with van der Waals surface area (Å²) in [4.78, 5) is 0. The number of fused-ring (bicyclic) bond motifs is 1. The minimum absolute atomic E-state index is 0.220. The molecule has 2 unspecified atom stereocenters. The molecule has 2 atom stereocenters. The van der Waals surface area contributed by atoms with E-state index in [1.54, 1.807) is 0 Å². The largest absolute Gasteiger partial charge is 0.391 e. The smallest absolute Gasteiger partial charge is 0.0784 e. The highest BCUT2D eigenvalue weighted by atomic mass is 16.3. The number of benzene rings is 1.